The summed E-state index contributed by atoms with van der Waals surface area (Å²) in [6.07, 6.45) is 22.4. The molecule has 4 saturated carbocycles. The number of halogens is 2. The van der Waals surface area contributed by atoms with Crippen LogP contribution in [0.3, 0.4) is 0 Å². The number of carboxylic acids is 1. The zero-order valence-electron chi connectivity index (χ0n) is 53.6. The molecule has 3 aromatic carbocycles. The van der Waals surface area contributed by atoms with Gasteiger partial charge in [0.1, 0.15) is 17.2 Å². The number of ether oxygens (including phenoxy) is 6. The number of nitriles is 2. The molecule has 4 aromatic heterocycles. The number of nitrogens with one attached hydrogen (secondary N) is 1. The molecule has 0 aliphatic heterocycles. The number of aliphatic hydroxyl groups excluding tert-OH is 1. The summed E-state index contributed by atoms with van der Waals surface area (Å²) >= 11 is 6.43. The van der Waals surface area contributed by atoms with Crippen LogP contribution in [0.15, 0.2) is 160 Å². The van der Waals surface area contributed by atoms with Gasteiger partial charge in [-0.3, -0.25) is 38.9 Å². The zero-order valence-corrected chi connectivity index (χ0v) is 56.8. The van der Waals surface area contributed by atoms with Crippen LogP contribution in [0.4, 0.5) is 5.69 Å². The summed E-state index contributed by atoms with van der Waals surface area (Å²) in [7, 11) is -1.45. The fourth-order valence-corrected chi connectivity index (χ4v) is 9.91. The summed E-state index contributed by atoms with van der Waals surface area (Å²) in [6.45, 7) is 14.9. The normalized spacial score (nSPS) is 14.3. The van der Waals surface area contributed by atoms with Crippen LogP contribution in [-0.2, 0) is 33.4 Å². The summed E-state index contributed by atoms with van der Waals surface area (Å²) in [6, 6.07) is 31.7. The van der Waals surface area contributed by atoms with Gasteiger partial charge in [0, 0.05) is 95.0 Å². The Kier molecular flexibility index (Phi) is 29.8. The van der Waals surface area contributed by atoms with E-state index in [4.69, 9.17) is 65.8 Å². The molecular formula is C71H76BBr2N7O15. The third-order valence-electron chi connectivity index (χ3n) is 15.8. The van der Waals surface area contributed by atoms with Gasteiger partial charge >= 0.3 is 31.0 Å². The lowest BCUT2D eigenvalue weighted by Crippen LogP contribution is -2.29. The van der Waals surface area contributed by atoms with Gasteiger partial charge in [0.25, 0.3) is 0 Å². The average Bonchev–Trinajstić information content (AvgIpc) is 1.64. The van der Waals surface area contributed by atoms with Crippen LogP contribution in [0.5, 0.6) is 17.2 Å². The van der Waals surface area contributed by atoms with Crippen LogP contribution in [0, 0.1) is 50.9 Å². The topological polar surface area (TPSA) is 328 Å². The zero-order chi connectivity index (χ0) is 69.6. The molecule has 11 rings (SSSR count). The first-order valence-electron chi connectivity index (χ1n) is 31.0. The van der Waals surface area contributed by atoms with Gasteiger partial charge in [-0.05, 0) is 163 Å². The fraction of sp³-hybridized carbons (Fsp3) is 0.366. The van der Waals surface area contributed by atoms with Crippen molar-refractivity contribution in [2.75, 3.05) is 46.2 Å². The number of nitrogens with zero attached hydrogens (tertiary/aromatic N) is 6. The predicted molar refractivity (Wildman–Crippen MR) is 364 cm³/mol. The number of aliphatic hydroxyl groups is 1. The van der Waals surface area contributed by atoms with Crippen molar-refractivity contribution >= 4 is 74.0 Å². The molecule has 4 aliphatic carbocycles. The lowest BCUT2D eigenvalue weighted by Gasteiger charge is -2.17. The molecule has 7 aromatic rings. The molecule has 502 valence electrons. The summed E-state index contributed by atoms with van der Waals surface area (Å²) < 4.78 is 33.9. The van der Waals surface area contributed by atoms with Gasteiger partial charge in [0.05, 0.1) is 104 Å². The largest absolute Gasteiger partial charge is 0.492 e. The van der Waals surface area contributed by atoms with Crippen molar-refractivity contribution in [3.63, 3.8) is 0 Å². The molecule has 0 bridgehead atoms. The molecule has 5 N–H and O–H groups in total. The second kappa shape index (κ2) is 37.7. The molecule has 0 radical (unpaired) electrons. The maximum atomic E-state index is 11.7. The first-order chi connectivity index (χ1) is 46.2. The number of rotatable bonds is 24. The monoisotopic (exact) mass is 1440 g/mol. The lowest BCUT2D eigenvalue weighted by molar-refractivity contribution is -0.145. The van der Waals surface area contributed by atoms with Crippen LogP contribution in [0.25, 0.3) is 27.1 Å². The first-order valence-corrected chi connectivity index (χ1v) is 32.6. The Bertz CT molecular complexity index is 3860. The highest BCUT2D eigenvalue weighted by Gasteiger charge is 2.48. The molecule has 4 fully saturated rings. The van der Waals surface area contributed by atoms with Crippen LogP contribution >= 0.6 is 31.9 Å². The average molecular weight is 1440 g/mol. The van der Waals surface area contributed by atoms with E-state index in [1.54, 1.807) is 99.0 Å². The van der Waals surface area contributed by atoms with E-state index in [1.807, 2.05) is 50.2 Å². The Hall–Kier alpha value is -9.29. The van der Waals surface area contributed by atoms with Gasteiger partial charge in [-0.2, -0.15) is 10.5 Å². The quantitative estimate of drug-likeness (QED) is 0.0162. The number of H-pyrrole nitrogens is 1. The maximum Gasteiger partial charge on any atom is 0.488 e. The number of pyridine rings is 4. The molecule has 0 unspecified atom stereocenters. The maximum absolute atomic E-state index is 11.7. The Morgan fingerprint density at radius 3 is 1.30 bits per heavy atom. The van der Waals surface area contributed by atoms with Crippen LogP contribution in [0.2, 0.25) is 0 Å². The van der Waals surface area contributed by atoms with E-state index in [1.165, 1.54) is 18.2 Å². The number of aromatic nitrogens is 4. The van der Waals surface area contributed by atoms with E-state index in [0.717, 1.165) is 89.6 Å². The van der Waals surface area contributed by atoms with Gasteiger partial charge in [-0.1, -0.05) is 48.5 Å². The molecule has 4 heterocycles. The second-order valence-corrected chi connectivity index (χ2v) is 25.1. The number of hydrogen-bond donors (Lipinski definition) is 5. The summed E-state index contributed by atoms with van der Waals surface area (Å²) in [5, 5.41) is 53.0. The minimum Gasteiger partial charge on any atom is -0.492 e. The van der Waals surface area contributed by atoms with E-state index in [2.05, 4.69) is 68.8 Å². The highest BCUT2D eigenvalue weighted by Crippen LogP contribution is 2.52. The molecule has 0 saturated heterocycles. The van der Waals surface area contributed by atoms with E-state index < -0.39 is 13.1 Å². The van der Waals surface area contributed by atoms with E-state index in [-0.39, 0.29) is 58.0 Å². The van der Waals surface area contributed by atoms with Crippen molar-refractivity contribution in [1.29, 1.82) is 10.5 Å². The first kappa shape index (κ1) is 75.7. The number of aliphatic carboxylic acids is 1. The third kappa shape index (κ3) is 25.5. The molecule has 0 spiro atoms. The Morgan fingerprint density at radius 1 is 0.573 bits per heavy atom. The summed E-state index contributed by atoms with van der Waals surface area (Å²) in [5.41, 5.74) is 5.22. The van der Waals surface area contributed by atoms with Crippen molar-refractivity contribution in [1.82, 2.24) is 19.9 Å². The highest BCUT2D eigenvalue weighted by atomic mass is 79.9. The Balaban J connectivity index is 0.000000190. The molecule has 22 nitrogen and oxygen atoms in total. The number of carboxylic acid groups (broad SMARTS) is 1. The van der Waals surface area contributed by atoms with Crippen LogP contribution in [0.1, 0.15) is 109 Å². The SMILES string of the molecule is CCOC(=O)CC1(CO)CC1.CCOC(=O)CC1(COc2ccncc2-c2ccc(C#N)cc2)CC1.CCOC(=O)CC1(COc2ccncc2Br)CC1.N#Cc1ccc(-c2cnccc2OCC2(CC(=O)O)CC2)cc1.O=c1cc[nH]cc1Br.[C-]#[N+]c1ccc(B(O)O)cc1. The van der Waals surface area contributed by atoms with Gasteiger partial charge in [0.2, 0.25) is 0 Å². The minimum atomic E-state index is -1.45. The van der Waals surface area contributed by atoms with E-state index >= 15 is 0 Å². The van der Waals surface area contributed by atoms with Gasteiger partial charge in [-0.15, -0.1) is 0 Å². The molecule has 0 atom stereocenters. The van der Waals surface area contributed by atoms with Crippen molar-refractivity contribution in [2.45, 2.75) is 97.8 Å². The number of hydrogen-bond acceptors (Lipinski definition) is 19. The van der Waals surface area contributed by atoms with Crippen molar-refractivity contribution in [3.05, 3.63) is 188 Å². The third-order valence-corrected chi connectivity index (χ3v) is 17.0. The number of esters is 3. The van der Waals surface area contributed by atoms with Crippen LogP contribution < -0.4 is 25.1 Å². The molecular weight excluding hydrogens is 1360 g/mol. The smallest absolute Gasteiger partial charge is 0.488 e. The van der Waals surface area contributed by atoms with Crippen LogP contribution in [-0.4, -0.2) is 117 Å². The number of carbonyl (C=O) groups excluding carboxylic acids is 3. The number of aromatic amines is 1. The Morgan fingerprint density at radius 2 is 0.969 bits per heavy atom. The van der Waals surface area contributed by atoms with Gasteiger partial charge in [-0.25, -0.2) is 4.85 Å². The Labute approximate surface area is 574 Å². The number of carbonyl (C=O) groups is 4. The molecule has 4 aliphatic rings. The van der Waals surface area contributed by atoms with Crippen molar-refractivity contribution in [3.8, 4) is 51.6 Å². The van der Waals surface area contributed by atoms with Crippen molar-refractivity contribution < 1.29 is 67.9 Å². The molecule has 0 amide bonds. The molecule has 96 heavy (non-hydrogen) atoms. The molecule has 25 heteroatoms. The van der Waals surface area contributed by atoms with Gasteiger partial charge < -0.3 is 53.7 Å². The van der Waals surface area contributed by atoms with Gasteiger partial charge in [0.15, 0.2) is 11.1 Å². The standard InChI is InChI=1S/C20H20N2O3.C18H16N2O3.C13H16BrNO3.C8H14O3.C7H6BNO2.C5H4BrNO/c1-2-24-19(23)11-20(8-9-20)14-25-18-7-10-22-13-17(18)16-5-3-15(12-21)4-6-16;19-10-13-1-3-14(4-2-13)15-11-20-8-5-16(15)23-12-18(6-7-18)9-17(21)22;1-2-17-12(16)7-13(4-5-13)9-18-11-3-6-15-8-10(11)14;1-2-11-7(10)5-8(6-9)3-4-8;1-9-7-4-2-6(3-5-7)8(10)11;6-4-3-7-2-1-5(4)8/h3-7,10,13H,2,8-9,11,14H2,1H3;1-5,8,11H,6-7,9,12H2,(H,21,22);3,6,8H,2,4-5,7,9H2,1H3;9H,2-6H2,1H3;2-5,10-11H;1-3H,(H,7,8). The second-order valence-electron chi connectivity index (χ2n) is 23.4. The van der Waals surface area contributed by atoms with E-state index in [0.29, 0.717) is 91.4 Å². The number of benzene rings is 3. The van der Waals surface area contributed by atoms with Crippen molar-refractivity contribution in [2.24, 2.45) is 21.7 Å². The lowest BCUT2D eigenvalue weighted by atomic mass is 9.80. The minimum absolute atomic E-state index is 0.00347. The predicted octanol–water partition coefficient (Wildman–Crippen LogP) is 11.7. The highest BCUT2D eigenvalue weighted by molar-refractivity contribution is 9.10. The summed E-state index contributed by atoms with van der Waals surface area (Å²) in [5.74, 6) is 0.918. The fourth-order valence-electron chi connectivity index (χ4n) is 9.28. The summed E-state index contributed by atoms with van der Waals surface area (Å²) in [4.78, 5) is 73.8. The van der Waals surface area contributed by atoms with E-state index in [9.17, 15) is 24.0 Å².